The number of anilines is 1. The summed E-state index contributed by atoms with van der Waals surface area (Å²) < 4.78 is 36.6. The summed E-state index contributed by atoms with van der Waals surface area (Å²) >= 11 is 0. The maximum Gasteiger partial charge on any atom is 0.340 e. The molecule has 0 aromatic heterocycles. The van der Waals surface area contributed by atoms with E-state index in [0.717, 1.165) is 9.87 Å². The lowest BCUT2D eigenvalue weighted by Gasteiger charge is -2.16. The lowest BCUT2D eigenvalue weighted by Crippen LogP contribution is -2.23. The van der Waals surface area contributed by atoms with Crippen molar-refractivity contribution in [2.45, 2.75) is 18.4 Å². The molecule has 0 fully saturated rings. The monoisotopic (exact) mass is 422 g/mol. The van der Waals surface area contributed by atoms with E-state index in [1.807, 2.05) is 19.1 Å². The van der Waals surface area contributed by atoms with E-state index in [2.05, 4.69) is 5.32 Å². The average Bonchev–Trinajstić information content (AvgIpc) is 2.70. The molecule has 0 atom stereocenters. The second-order valence-electron chi connectivity index (χ2n) is 6.54. The normalized spacial score (nSPS) is 11.4. The van der Waals surface area contributed by atoms with Gasteiger partial charge in [-0.1, -0.05) is 11.6 Å². The van der Waals surface area contributed by atoms with Crippen LogP contribution in [-0.4, -0.2) is 58.2 Å². The predicted molar refractivity (Wildman–Crippen MR) is 110 cm³/mol. The SMILES string of the molecule is COc1ccc(C)cc1COC(=O)c1cc(S(=O)(=O)N(C)C)ccc1NCCO. The van der Waals surface area contributed by atoms with Gasteiger partial charge in [0.1, 0.15) is 12.4 Å². The zero-order valence-electron chi connectivity index (χ0n) is 16.9. The highest BCUT2D eigenvalue weighted by Gasteiger charge is 2.22. The third kappa shape index (κ3) is 5.47. The quantitative estimate of drug-likeness (QED) is 0.596. The molecule has 0 aliphatic heterocycles. The number of aliphatic hydroxyl groups excluding tert-OH is 1. The van der Waals surface area contributed by atoms with Gasteiger partial charge in [-0.15, -0.1) is 0 Å². The smallest absolute Gasteiger partial charge is 0.340 e. The molecule has 8 nitrogen and oxygen atoms in total. The molecule has 29 heavy (non-hydrogen) atoms. The van der Waals surface area contributed by atoms with E-state index in [1.165, 1.54) is 39.4 Å². The molecule has 0 heterocycles. The van der Waals surface area contributed by atoms with Crippen LogP contribution in [0.25, 0.3) is 0 Å². The van der Waals surface area contributed by atoms with Crippen LogP contribution in [-0.2, 0) is 21.4 Å². The minimum absolute atomic E-state index is 0.0304. The minimum atomic E-state index is -3.73. The van der Waals surface area contributed by atoms with Gasteiger partial charge < -0.3 is 19.9 Å². The fraction of sp³-hybridized carbons (Fsp3) is 0.350. The molecule has 0 radical (unpaired) electrons. The number of methoxy groups -OCH3 is 1. The number of nitrogens with zero attached hydrogens (tertiary/aromatic N) is 1. The molecular weight excluding hydrogens is 396 g/mol. The fourth-order valence-corrected chi connectivity index (χ4v) is 3.58. The summed E-state index contributed by atoms with van der Waals surface area (Å²) in [5.41, 5.74) is 2.12. The number of esters is 1. The standard InChI is InChI=1S/C20H26N2O6S/c1-14-5-8-19(27-4)15(11-14)13-28-20(24)17-12-16(29(25,26)22(2)3)6-7-18(17)21-9-10-23/h5-8,11-12,21,23H,9-10,13H2,1-4H3. The van der Waals surface area contributed by atoms with Crippen LogP contribution in [0.15, 0.2) is 41.3 Å². The van der Waals surface area contributed by atoms with Crippen LogP contribution >= 0.6 is 0 Å². The molecule has 0 aliphatic carbocycles. The molecule has 158 valence electrons. The Hall–Kier alpha value is -2.62. The molecule has 0 amide bonds. The van der Waals surface area contributed by atoms with Crippen LogP contribution in [0.3, 0.4) is 0 Å². The van der Waals surface area contributed by atoms with Gasteiger partial charge in [0.25, 0.3) is 0 Å². The van der Waals surface area contributed by atoms with Gasteiger partial charge >= 0.3 is 5.97 Å². The Balaban J connectivity index is 2.34. The molecular formula is C20H26N2O6S. The largest absolute Gasteiger partial charge is 0.496 e. The van der Waals surface area contributed by atoms with Crippen molar-refractivity contribution in [3.05, 3.63) is 53.1 Å². The van der Waals surface area contributed by atoms with Crippen molar-refractivity contribution >= 4 is 21.7 Å². The summed E-state index contributed by atoms with van der Waals surface area (Å²) in [5.74, 6) is -0.101. The summed E-state index contributed by atoms with van der Waals surface area (Å²) in [6.45, 7) is 1.93. The molecule has 0 unspecified atom stereocenters. The lowest BCUT2D eigenvalue weighted by molar-refractivity contribution is 0.0471. The Morgan fingerprint density at radius 3 is 2.52 bits per heavy atom. The fourth-order valence-electron chi connectivity index (χ4n) is 2.65. The van der Waals surface area contributed by atoms with Crippen molar-refractivity contribution in [1.29, 1.82) is 0 Å². The van der Waals surface area contributed by atoms with Gasteiger partial charge in [0, 0.05) is 31.9 Å². The molecule has 2 aromatic rings. The van der Waals surface area contributed by atoms with Crippen molar-refractivity contribution in [3.8, 4) is 5.75 Å². The van der Waals surface area contributed by atoms with Crippen LogP contribution in [0.4, 0.5) is 5.69 Å². The minimum Gasteiger partial charge on any atom is -0.496 e. The van der Waals surface area contributed by atoms with E-state index in [9.17, 15) is 13.2 Å². The number of rotatable bonds is 9. The van der Waals surface area contributed by atoms with E-state index < -0.39 is 16.0 Å². The molecule has 0 bridgehead atoms. The molecule has 0 spiro atoms. The average molecular weight is 423 g/mol. The van der Waals surface area contributed by atoms with Gasteiger partial charge in [-0.25, -0.2) is 17.5 Å². The number of ether oxygens (including phenoxy) is 2. The van der Waals surface area contributed by atoms with E-state index in [4.69, 9.17) is 14.6 Å². The number of hydrogen-bond acceptors (Lipinski definition) is 7. The maximum absolute atomic E-state index is 12.8. The highest BCUT2D eigenvalue weighted by atomic mass is 32.2. The number of sulfonamides is 1. The third-order valence-electron chi connectivity index (χ3n) is 4.21. The molecule has 2 aromatic carbocycles. The Morgan fingerprint density at radius 1 is 1.17 bits per heavy atom. The van der Waals surface area contributed by atoms with E-state index in [-0.39, 0.29) is 30.2 Å². The highest BCUT2D eigenvalue weighted by Crippen LogP contribution is 2.25. The summed E-state index contributed by atoms with van der Waals surface area (Å²) in [6.07, 6.45) is 0. The first-order valence-electron chi connectivity index (χ1n) is 8.92. The highest BCUT2D eigenvalue weighted by molar-refractivity contribution is 7.89. The van der Waals surface area contributed by atoms with Gasteiger partial charge in [0.2, 0.25) is 10.0 Å². The first kappa shape index (κ1) is 22.7. The van der Waals surface area contributed by atoms with Crippen molar-refractivity contribution in [3.63, 3.8) is 0 Å². The maximum atomic E-state index is 12.8. The number of hydrogen-bond donors (Lipinski definition) is 2. The van der Waals surface area contributed by atoms with Crippen LogP contribution in [0.1, 0.15) is 21.5 Å². The summed E-state index contributed by atoms with van der Waals surface area (Å²) in [5, 5.41) is 12.0. The first-order chi connectivity index (χ1) is 13.7. The Morgan fingerprint density at radius 2 is 1.90 bits per heavy atom. The van der Waals surface area contributed by atoms with Crippen molar-refractivity contribution < 1.29 is 27.8 Å². The van der Waals surface area contributed by atoms with Crippen molar-refractivity contribution in [1.82, 2.24) is 4.31 Å². The molecule has 2 rings (SSSR count). The number of nitrogens with one attached hydrogen (secondary N) is 1. The number of aryl methyl sites for hydroxylation is 1. The second-order valence-corrected chi connectivity index (χ2v) is 8.69. The van der Waals surface area contributed by atoms with Gasteiger partial charge in [-0.05, 0) is 37.3 Å². The number of benzene rings is 2. The summed E-state index contributed by atoms with van der Waals surface area (Å²) in [4.78, 5) is 12.7. The zero-order chi connectivity index (χ0) is 21.6. The topological polar surface area (TPSA) is 105 Å². The van der Waals surface area contributed by atoms with Crippen LogP contribution in [0.2, 0.25) is 0 Å². The molecule has 0 aliphatic rings. The summed E-state index contributed by atoms with van der Waals surface area (Å²) in [6, 6.07) is 9.67. The first-order valence-corrected chi connectivity index (χ1v) is 10.4. The second kappa shape index (κ2) is 9.73. The van der Waals surface area contributed by atoms with Gasteiger partial charge in [-0.2, -0.15) is 0 Å². The number of carbonyl (C=O) groups is 1. The summed E-state index contributed by atoms with van der Waals surface area (Å²) in [7, 11) is 0.629. The van der Waals surface area contributed by atoms with Gasteiger partial charge in [0.15, 0.2) is 0 Å². The third-order valence-corrected chi connectivity index (χ3v) is 6.02. The van der Waals surface area contributed by atoms with Crippen molar-refractivity contribution in [2.75, 3.05) is 39.7 Å². The van der Waals surface area contributed by atoms with E-state index >= 15 is 0 Å². The van der Waals surface area contributed by atoms with Crippen LogP contribution in [0, 0.1) is 6.92 Å². The lowest BCUT2D eigenvalue weighted by atomic mass is 10.1. The Kier molecular flexibility index (Phi) is 7.60. The molecule has 0 saturated carbocycles. The Labute approximate surface area is 171 Å². The molecule has 9 heteroatoms. The van der Waals surface area contributed by atoms with Crippen molar-refractivity contribution in [2.24, 2.45) is 0 Å². The predicted octanol–water partition coefficient (Wildman–Crippen LogP) is 2.02. The molecule has 2 N–H and O–H groups in total. The Bertz CT molecular complexity index is 973. The van der Waals surface area contributed by atoms with Gasteiger partial charge in [0.05, 0.1) is 24.2 Å². The van der Waals surface area contributed by atoms with Crippen LogP contribution < -0.4 is 10.1 Å². The van der Waals surface area contributed by atoms with Crippen LogP contribution in [0.5, 0.6) is 5.75 Å². The number of carbonyl (C=O) groups excluding carboxylic acids is 1. The zero-order valence-corrected chi connectivity index (χ0v) is 17.7. The van der Waals surface area contributed by atoms with E-state index in [0.29, 0.717) is 17.0 Å². The van der Waals surface area contributed by atoms with E-state index in [1.54, 1.807) is 6.07 Å². The number of aliphatic hydroxyl groups is 1. The molecule has 0 saturated heterocycles. The van der Waals surface area contributed by atoms with Gasteiger partial charge in [-0.3, -0.25) is 0 Å².